The summed E-state index contributed by atoms with van der Waals surface area (Å²) >= 11 is 2.31. The Morgan fingerprint density at radius 2 is 1.95 bits per heavy atom. The largest absolute Gasteiger partial charge is 0.393 e. The van der Waals surface area contributed by atoms with E-state index in [1.807, 2.05) is 6.92 Å². The van der Waals surface area contributed by atoms with E-state index in [2.05, 4.69) is 46.9 Å². The highest BCUT2D eigenvalue weighted by atomic mass is 127. The second-order valence-corrected chi connectivity index (χ2v) is 7.55. The van der Waals surface area contributed by atoms with Gasteiger partial charge in [-0.15, -0.1) is 0 Å². The smallest absolute Gasteiger partial charge is 0.136 e. The van der Waals surface area contributed by atoms with E-state index in [9.17, 15) is 9.90 Å². The fourth-order valence-corrected chi connectivity index (χ4v) is 4.65. The third kappa shape index (κ3) is 2.54. The molecular formula is C17H21IO2. The average Bonchev–Trinajstić information content (AvgIpc) is 2.74. The number of aliphatic hydroxyl groups excluding tert-OH is 1. The van der Waals surface area contributed by atoms with Gasteiger partial charge in [-0.2, -0.15) is 0 Å². The number of hydrogen-bond donors (Lipinski definition) is 1. The van der Waals surface area contributed by atoms with Gasteiger partial charge in [-0.3, -0.25) is 4.79 Å². The molecule has 0 radical (unpaired) electrons. The molecular weight excluding hydrogens is 363 g/mol. The molecule has 2 unspecified atom stereocenters. The first-order chi connectivity index (χ1) is 9.60. The number of ketones is 1. The van der Waals surface area contributed by atoms with E-state index in [1.165, 1.54) is 9.13 Å². The van der Waals surface area contributed by atoms with Gasteiger partial charge in [0.15, 0.2) is 0 Å². The summed E-state index contributed by atoms with van der Waals surface area (Å²) in [5.74, 6) is 1.44. The number of fused-ring (bicyclic) bond motifs is 2. The first-order valence-corrected chi connectivity index (χ1v) is 8.64. The van der Waals surface area contributed by atoms with Crippen LogP contribution in [0.5, 0.6) is 0 Å². The highest BCUT2D eigenvalue weighted by Gasteiger charge is 2.49. The lowest BCUT2D eigenvalue weighted by molar-refractivity contribution is -0.127. The van der Waals surface area contributed by atoms with Gasteiger partial charge in [-0.05, 0) is 77.3 Å². The molecule has 0 spiro atoms. The van der Waals surface area contributed by atoms with Crippen molar-refractivity contribution in [2.24, 2.45) is 17.8 Å². The van der Waals surface area contributed by atoms with Crippen LogP contribution in [0.2, 0.25) is 0 Å². The molecule has 2 aliphatic rings. The Labute approximate surface area is 134 Å². The van der Waals surface area contributed by atoms with Crippen molar-refractivity contribution in [1.29, 1.82) is 0 Å². The minimum atomic E-state index is -0.269. The van der Waals surface area contributed by atoms with Gasteiger partial charge in [0, 0.05) is 15.9 Å². The van der Waals surface area contributed by atoms with Crippen LogP contribution in [-0.4, -0.2) is 17.0 Å². The molecule has 2 fully saturated rings. The van der Waals surface area contributed by atoms with Crippen LogP contribution in [0.1, 0.15) is 44.1 Å². The summed E-state index contributed by atoms with van der Waals surface area (Å²) in [5.41, 5.74) is 1.28. The monoisotopic (exact) mass is 384 g/mol. The highest BCUT2D eigenvalue weighted by Crippen LogP contribution is 2.52. The van der Waals surface area contributed by atoms with E-state index in [4.69, 9.17) is 0 Å². The Bertz CT molecular complexity index is 496. The SMILES string of the molecule is CCC(=O)[C@@H]1[C@@H]2CC(CC2O)C[C@H]1c1ccc(I)cc1. The summed E-state index contributed by atoms with van der Waals surface area (Å²) in [6, 6.07) is 8.58. The van der Waals surface area contributed by atoms with Gasteiger partial charge in [0.1, 0.15) is 5.78 Å². The maximum Gasteiger partial charge on any atom is 0.136 e. The molecule has 3 heteroatoms. The first-order valence-electron chi connectivity index (χ1n) is 7.56. The number of aliphatic hydroxyl groups is 1. The first kappa shape index (κ1) is 14.5. The molecule has 1 aromatic rings. The summed E-state index contributed by atoms with van der Waals surface area (Å²) < 4.78 is 1.23. The van der Waals surface area contributed by atoms with Crippen LogP contribution in [0.15, 0.2) is 24.3 Å². The Morgan fingerprint density at radius 1 is 1.25 bits per heavy atom. The Morgan fingerprint density at radius 3 is 2.60 bits per heavy atom. The number of rotatable bonds is 3. The second-order valence-electron chi connectivity index (χ2n) is 6.31. The standard InChI is InChI=1S/C17H21IO2/c1-2-15(19)17-13(11-3-5-12(18)6-4-11)7-10-8-14(17)16(20)9-10/h3-6,10,13-14,16-17,20H,2,7-9H2,1H3/t10?,13-,14+,16?,17-/m0/s1. The number of carbonyl (C=O) groups is 1. The van der Waals surface area contributed by atoms with Gasteiger partial charge in [0.25, 0.3) is 0 Å². The molecule has 0 saturated heterocycles. The molecule has 108 valence electrons. The number of halogens is 1. The van der Waals surface area contributed by atoms with Crippen molar-refractivity contribution in [3.63, 3.8) is 0 Å². The normalized spacial score (nSPS) is 36.0. The maximum atomic E-state index is 12.4. The van der Waals surface area contributed by atoms with Crippen molar-refractivity contribution in [1.82, 2.24) is 0 Å². The molecule has 0 aliphatic heterocycles. The minimum Gasteiger partial charge on any atom is -0.393 e. The van der Waals surface area contributed by atoms with Gasteiger partial charge in [-0.25, -0.2) is 0 Å². The number of carbonyl (C=O) groups excluding carboxylic acids is 1. The van der Waals surface area contributed by atoms with E-state index >= 15 is 0 Å². The Balaban J connectivity index is 1.95. The highest BCUT2D eigenvalue weighted by molar-refractivity contribution is 14.1. The molecule has 1 aromatic carbocycles. The van der Waals surface area contributed by atoms with Gasteiger partial charge in [0.05, 0.1) is 6.10 Å². The van der Waals surface area contributed by atoms with Gasteiger partial charge < -0.3 is 5.11 Å². The molecule has 2 bridgehead atoms. The van der Waals surface area contributed by atoms with E-state index < -0.39 is 0 Å². The number of hydrogen-bond acceptors (Lipinski definition) is 2. The molecule has 0 aromatic heterocycles. The molecule has 20 heavy (non-hydrogen) atoms. The van der Waals surface area contributed by atoms with Crippen molar-refractivity contribution in [3.05, 3.63) is 33.4 Å². The summed E-state index contributed by atoms with van der Waals surface area (Å²) in [7, 11) is 0. The lowest BCUT2D eigenvalue weighted by Gasteiger charge is -2.36. The van der Waals surface area contributed by atoms with Gasteiger partial charge >= 0.3 is 0 Å². The molecule has 0 amide bonds. The molecule has 1 N–H and O–H groups in total. The van der Waals surface area contributed by atoms with Crippen molar-refractivity contribution in [2.45, 2.75) is 44.6 Å². The zero-order chi connectivity index (χ0) is 14.3. The Kier molecular flexibility index (Phi) is 4.18. The zero-order valence-corrected chi connectivity index (χ0v) is 13.9. The topological polar surface area (TPSA) is 37.3 Å². The Hall–Kier alpha value is -0.420. The summed E-state index contributed by atoms with van der Waals surface area (Å²) in [6.07, 6.45) is 3.30. The summed E-state index contributed by atoms with van der Waals surface area (Å²) in [6.45, 7) is 1.95. The van der Waals surface area contributed by atoms with Crippen molar-refractivity contribution < 1.29 is 9.90 Å². The van der Waals surface area contributed by atoms with Crippen LogP contribution in [-0.2, 0) is 4.79 Å². The predicted molar refractivity (Wildman–Crippen MR) is 87.5 cm³/mol. The van der Waals surface area contributed by atoms with Crippen LogP contribution >= 0.6 is 22.6 Å². The van der Waals surface area contributed by atoms with Gasteiger partial charge in [-0.1, -0.05) is 19.1 Å². The van der Waals surface area contributed by atoms with Crippen LogP contribution in [0.4, 0.5) is 0 Å². The maximum absolute atomic E-state index is 12.4. The predicted octanol–water partition coefficient (Wildman–Crippen LogP) is 3.76. The number of benzene rings is 1. The van der Waals surface area contributed by atoms with Crippen molar-refractivity contribution >= 4 is 28.4 Å². The molecule has 2 aliphatic carbocycles. The summed E-state index contributed by atoms with van der Waals surface area (Å²) in [5, 5.41) is 10.3. The molecule has 2 saturated carbocycles. The van der Waals surface area contributed by atoms with E-state index in [0.29, 0.717) is 24.0 Å². The third-order valence-electron chi connectivity index (χ3n) is 5.17. The average molecular weight is 384 g/mol. The lowest BCUT2D eigenvalue weighted by atomic mass is 9.67. The molecule has 5 atom stereocenters. The molecule has 3 rings (SSSR count). The number of Topliss-reactive ketones (excluding diaryl/α,β-unsaturated/α-hetero) is 1. The van der Waals surface area contributed by atoms with Gasteiger partial charge in [0.2, 0.25) is 0 Å². The van der Waals surface area contributed by atoms with Crippen LogP contribution in [0.25, 0.3) is 0 Å². The second kappa shape index (κ2) is 5.76. The summed E-state index contributed by atoms with van der Waals surface area (Å²) in [4.78, 5) is 12.4. The molecule has 2 nitrogen and oxygen atoms in total. The zero-order valence-electron chi connectivity index (χ0n) is 11.8. The van der Waals surface area contributed by atoms with E-state index in [1.54, 1.807) is 0 Å². The van der Waals surface area contributed by atoms with Crippen LogP contribution in [0, 0.1) is 21.3 Å². The lowest BCUT2D eigenvalue weighted by Crippen LogP contribution is -2.35. The quantitative estimate of drug-likeness (QED) is 0.806. The third-order valence-corrected chi connectivity index (χ3v) is 5.89. The molecule has 0 heterocycles. The van der Waals surface area contributed by atoms with E-state index in [0.717, 1.165) is 19.3 Å². The van der Waals surface area contributed by atoms with Crippen LogP contribution < -0.4 is 0 Å². The van der Waals surface area contributed by atoms with Crippen molar-refractivity contribution in [3.8, 4) is 0 Å². The fourth-order valence-electron chi connectivity index (χ4n) is 4.29. The minimum absolute atomic E-state index is 0.0220. The van der Waals surface area contributed by atoms with Crippen molar-refractivity contribution in [2.75, 3.05) is 0 Å². The van der Waals surface area contributed by atoms with E-state index in [-0.39, 0.29) is 17.9 Å². The van der Waals surface area contributed by atoms with Crippen LogP contribution in [0.3, 0.4) is 0 Å². The fraction of sp³-hybridized carbons (Fsp3) is 0.588.